The van der Waals surface area contributed by atoms with Crippen molar-refractivity contribution in [2.24, 2.45) is 0 Å². The molecule has 1 aliphatic rings. The van der Waals surface area contributed by atoms with Crippen molar-refractivity contribution >= 4 is 0 Å². The van der Waals surface area contributed by atoms with Crippen LogP contribution in [0.2, 0.25) is 0 Å². The van der Waals surface area contributed by atoms with Crippen molar-refractivity contribution in [2.75, 3.05) is 6.61 Å². The first-order valence-electron chi connectivity index (χ1n) is 4.70. The van der Waals surface area contributed by atoms with E-state index in [1.54, 1.807) is 0 Å². The molecule has 2 heteroatoms. The third kappa shape index (κ3) is 2.61. The molecule has 0 saturated carbocycles. The van der Waals surface area contributed by atoms with E-state index in [1.807, 2.05) is 0 Å². The van der Waals surface area contributed by atoms with Crippen LogP contribution in [0, 0.1) is 0 Å². The van der Waals surface area contributed by atoms with Crippen LogP contribution in [0.25, 0.3) is 0 Å². The van der Waals surface area contributed by atoms with Gasteiger partial charge >= 0.3 is 0 Å². The van der Waals surface area contributed by atoms with E-state index in [-0.39, 0.29) is 12.2 Å². The first-order chi connectivity index (χ1) is 5.74. The van der Waals surface area contributed by atoms with Crippen molar-refractivity contribution in [3.05, 3.63) is 12.2 Å². The smallest absolute Gasteiger partial charge is 0.0838 e. The van der Waals surface area contributed by atoms with Gasteiger partial charge in [-0.3, -0.25) is 0 Å². The maximum Gasteiger partial charge on any atom is 0.0838 e. The van der Waals surface area contributed by atoms with E-state index in [2.05, 4.69) is 13.5 Å². The van der Waals surface area contributed by atoms with Crippen LogP contribution in [0.4, 0.5) is 0 Å². The molecule has 0 spiro atoms. The van der Waals surface area contributed by atoms with Crippen LogP contribution in [-0.4, -0.2) is 23.9 Å². The summed E-state index contributed by atoms with van der Waals surface area (Å²) in [6.07, 6.45) is 3.46. The summed E-state index contributed by atoms with van der Waals surface area (Å²) in [5.41, 5.74) is 1.11. The van der Waals surface area contributed by atoms with E-state index < -0.39 is 0 Å². The van der Waals surface area contributed by atoms with Crippen LogP contribution in [0.5, 0.6) is 0 Å². The Hall–Kier alpha value is -0.340. The fraction of sp³-hybridized carbons (Fsp3) is 0.800. The Morgan fingerprint density at radius 3 is 3.00 bits per heavy atom. The molecular formula is C10H18O2. The Bertz CT molecular complexity index is 148. The summed E-state index contributed by atoms with van der Waals surface area (Å²) in [5.74, 6) is 0. The quantitative estimate of drug-likeness (QED) is 0.653. The first-order valence-corrected chi connectivity index (χ1v) is 4.70. The second-order valence-corrected chi connectivity index (χ2v) is 3.43. The summed E-state index contributed by atoms with van der Waals surface area (Å²) >= 11 is 0. The summed E-state index contributed by atoms with van der Waals surface area (Å²) in [4.78, 5) is 0. The molecule has 1 rings (SSSR count). The zero-order valence-electron chi connectivity index (χ0n) is 7.75. The molecule has 1 fully saturated rings. The van der Waals surface area contributed by atoms with Gasteiger partial charge in [-0.25, -0.2) is 0 Å². The van der Waals surface area contributed by atoms with Crippen molar-refractivity contribution in [3.63, 3.8) is 0 Å². The fourth-order valence-electron chi connectivity index (χ4n) is 1.48. The molecule has 0 aliphatic carbocycles. The molecular weight excluding hydrogens is 152 g/mol. The minimum atomic E-state index is -0.333. The SMILES string of the molecule is C=C(CC)CC(O)C1CCCO1. The molecule has 1 heterocycles. The summed E-state index contributed by atoms with van der Waals surface area (Å²) in [7, 11) is 0. The highest BCUT2D eigenvalue weighted by Gasteiger charge is 2.23. The third-order valence-corrected chi connectivity index (χ3v) is 2.39. The predicted molar refractivity (Wildman–Crippen MR) is 49.0 cm³/mol. The molecule has 0 aromatic rings. The molecule has 0 bridgehead atoms. The average Bonchev–Trinajstić information content (AvgIpc) is 2.56. The molecule has 12 heavy (non-hydrogen) atoms. The maximum absolute atomic E-state index is 9.66. The van der Waals surface area contributed by atoms with Crippen LogP contribution < -0.4 is 0 Å². The van der Waals surface area contributed by atoms with Gasteiger partial charge in [0.25, 0.3) is 0 Å². The zero-order valence-corrected chi connectivity index (χ0v) is 7.75. The molecule has 70 valence electrons. The second-order valence-electron chi connectivity index (χ2n) is 3.43. The number of aliphatic hydroxyl groups excluding tert-OH is 1. The number of aliphatic hydroxyl groups is 1. The Labute approximate surface area is 74.2 Å². The largest absolute Gasteiger partial charge is 0.390 e. The first kappa shape index (κ1) is 9.75. The van der Waals surface area contributed by atoms with Gasteiger partial charge in [0.2, 0.25) is 0 Å². The molecule has 2 atom stereocenters. The highest BCUT2D eigenvalue weighted by Crippen LogP contribution is 2.20. The van der Waals surface area contributed by atoms with Crippen molar-refractivity contribution in [1.29, 1.82) is 0 Å². The highest BCUT2D eigenvalue weighted by molar-refractivity contribution is 4.96. The van der Waals surface area contributed by atoms with E-state index in [0.29, 0.717) is 6.42 Å². The molecule has 2 nitrogen and oxygen atoms in total. The van der Waals surface area contributed by atoms with Gasteiger partial charge in [0.1, 0.15) is 0 Å². The van der Waals surface area contributed by atoms with Gasteiger partial charge in [-0.15, -0.1) is 0 Å². The summed E-state index contributed by atoms with van der Waals surface area (Å²) < 4.78 is 5.37. The van der Waals surface area contributed by atoms with Gasteiger partial charge in [-0.1, -0.05) is 19.1 Å². The summed E-state index contributed by atoms with van der Waals surface area (Å²) in [5, 5.41) is 9.66. The van der Waals surface area contributed by atoms with E-state index >= 15 is 0 Å². The standard InChI is InChI=1S/C10H18O2/c1-3-8(2)7-9(11)10-5-4-6-12-10/h9-11H,2-7H2,1H3. The van der Waals surface area contributed by atoms with E-state index in [4.69, 9.17) is 4.74 Å². The lowest BCUT2D eigenvalue weighted by Gasteiger charge is -2.17. The molecule has 2 unspecified atom stereocenters. The number of hydrogen-bond donors (Lipinski definition) is 1. The fourth-order valence-corrected chi connectivity index (χ4v) is 1.48. The zero-order chi connectivity index (χ0) is 8.97. The lowest BCUT2D eigenvalue weighted by molar-refractivity contribution is -0.000961. The number of ether oxygens (including phenoxy) is 1. The summed E-state index contributed by atoms with van der Waals surface area (Å²) in [6.45, 7) is 6.73. The van der Waals surface area contributed by atoms with Crippen molar-refractivity contribution < 1.29 is 9.84 Å². The van der Waals surface area contributed by atoms with Gasteiger partial charge in [-0.2, -0.15) is 0 Å². The van der Waals surface area contributed by atoms with Crippen LogP contribution >= 0.6 is 0 Å². The Morgan fingerprint density at radius 2 is 2.50 bits per heavy atom. The lowest BCUT2D eigenvalue weighted by atomic mass is 10.0. The van der Waals surface area contributed by atoms with Crippen LogP contribution in [-0.2, 0) is 4.74 Å². The van der Waals surface area contributed by atoms with Crippen molar-refractivity contribution in [1.82, 2.24) is 0 Å². The van der Waals surface area contributed by atoms with Gasteiger partial charge in [0, 0.05) is 6.61 Å². The van der Waals surface area contributed by atoms with Gasteiger partial charge in [0.05, 0.1) is 12.2 Å². The van der Waals surface area contributed by atoms with Crippen LogP contribution in [0.15, 0.2) is 12.2 Å². The molecule has 0 aromatic carbocycles. The normalized spacial score (nSPS) is 25.7. The minimum Gasteiger partial charge on any atom is -0.390 e. The Kier molecular flexibility index (Phi) is 3.76. The van der Waals surface area contributed by atoms with Crippen LogP contribution in [0.3, 0.4) is 0 Å². The monoisotopic (exact) mass is 170 g/mol. The van der Waals surface area contributed by atoms with E-state index in [1.165, 1.54) is 0 Å². The minimum absolute atomic E-state index is 0.0632. The van der Waals surface area contributed by atoms with E-state index in [9.17, 15) is 5.11 Å². The topological polar surface area (TPSA) is 29.5 Å². The molecule has 1 aliphatic heterocycles. The predicted octanol–water partition coefficient (Wildman–Crippen LogP) is 1.88. The van der Waals surface area contributed by atoms with Crippen molar-refractivity contribution in [2.45, 2.75) is 44.8 Å². The van der Waals surface area contributed by atoms with Gasteiger partial charge in [0.15, 0.2) is 0 Å². The molecule has 1 saturated heterocycles. The molecule has 0 aromatic heterocycles. The highest BCUT2D eigenvalue weighted by atomic mass is 16.5. The molecule has 0 amide bonds. The van der Waals surface area contributed by atoms with Gasteiger partial charge < -0.3 is 9.84 Å². The van der Waals surface area contributed by atoms with E-state index in [0.717, 1.165) is 31.4 Å². The Morgan fingerprint density at radius 1 is 1.75 bits per heavy atom. The molecule has 0 radical (unpaired) electrons. The average molecular weight is 170 g/mol. The van der Waals surface area contributed by atoms with Crippen LogP contribution in [0.1, 0.15) is 32.6 Å². The second kappa shape index (κ2) is 4.63. The van der Waals surface area contributed by atoms with Crippen molar-refractivity contribution in [3.8, 4) is 0 Å². The number of rotatable bonds is 4. The Balaban J connectivity index is 2.26. The summed E-state index contributed by atoms with van der Waals surface area (Å²) in [6, 6.07) is 0. The number of hydrogen-bond acceptors (Lipinski definition) is 2. The maximum atomic E-state index is 9.66. The third-order valence-electron chi connectivity index (χ3n) is 2.39. The van der Waals surface area contributed by atoms with Gasteiger partial charge in [-0.05, 0) is 25.7 Å². The molecule has 1 N–H and O–H groups in total. The lowest BCUT2D eigenvalue weighted by Crippen LogP contribution is -2.25.